The molecule has 17 heavy (non-hydrogen) atoms. The summed E-state index contributed by atoms with van der Waals surface area (Å²) in [6, 6.07) is 7.97. The van der Waals surface area contributed by atoms with Crippen LogP contribution >= 0.6 is 0 Å². The smallest absolute Gasteiger partial charge is 0.147 e. The lowest BCUT2D eigenvalue weighted by Crippen LogP contribution is -2.34. The molecule has 1 rings (SSSR count). The Bertz CT molecular complexity index is 478. The minimum atomic E-state index is -2.89. The molecule has 1 atom stereocenters. The number of sulfone groups is 1. The lowest BCUT2D eigenvalue weighted by Gasteiger charge is -2.27. The Morgan fingerprint density at radius 3 is 2.41 bits per heavy atom. The minimum absolute atomic E-state index is 0.200. The standard InChI is InChI=1S/C13H21NO2S/c1-11-7-4-5-8-12(11)13(2,14)9-6-10-17(3,15)16/h4-5,7-8H,6,9-10,14H2,1-3H3. The van der Waals surface area contributed by atoms with Crippen molar-refractivity contribution >= 4 is 9.84 Å². The van der Waals surface area contributed by atoms with Gasteiger partial charge in [-0.15, -0.1) is 0 Å². The van der Waals surface area contributed by atoms with Gasteiger partial charge in [0.1, 0.15) is 9.84 Å². The van der Waals surface area contributed by atoms with E-state index >= 15 is 0 Å². The van der Waals surface area contributed by atoms with Crippen molar-refractivity contribution in [2.45, 2.75) is 32.2 Å². The molecule has 4 heteroatoms. The summed E-state index contributed by atoms with van der Waals surface area (Å²) >= 11 is 0. The third kappa shape index (κ3) is 4.48. The van der Waals surface area contributed by atoms with Gasteiger partial charge >= 0.3 is 0 Å². The number of hydrogen-bond acceptors (Lipinski definition) is 3. The molecule has 0 saturated heterocycles. The first-order valence-electron chi connectivity index (χ1n) is 5.75. The zero-order chi connectivity index (χ0) is 13.1. The predicted molar refractivity (Wildman–Crippen MR) is 71.7 cm³/mol. The molecule has 0 aliphatic rings. The van der Waals surface area contributed by atoms with Crippen molar-refractivity contribution in [1.29, 1.82) is 0 Å². The van der Waals surface area contributed by atoms with E-state index in [1.54, 1.807) is 0 Å². The fourth-order valence-corrected chi connectivity index (χ4v) is 2.72. The quantitative estimate of drug-likeness (QED) is 0.875. The molecule has 0 aliphatic heterocycles. The van der Waals surface area contributed by atoms with Crippen molar-refractivity contribution in [2.24, 2.45) is 5.73 Å². The maximum atomic E-state index is 11.1. The van der Waals surface area contributed by atoms with Gasteiger partial charge in [0.05, 0.1) is 0 Å². The van der Waals surface area contributed by atoms with Gasteiger partial charge < -0.3 is 5.73 Å². The summed E-state index contributed by atoms with van der Waals surface area (Å²) in [6.45, 7) is 3.98. The summed E-state index contributed by atoms with van der Waals surface area (Å²) < 4.78 is 22.2. The van der Waals surface area contributed by atoms with Gasteiger partial charge in [-0.1, -0.05) is 24.3 Å². The SMILES string of the molecule is Cc1ccccc1C(C)(N)CCCS(C)(=O)=O. The Labute approximate surface area is 104 Å². The zero-order valence-corrected chi connectivity index (χ0v) is 11.5. The average molecular weight is 255 g/mol. The van der Waals surface area contributed by atoms with Crippen molar-refractivity contribution in [3.8, 4) is 0 Å². The highest BCUT2D eigenvalue weighted by molar-refractivity contribution is 7.90. The Morgan fingerprint density at radius 1 is 1.29 bits per heavy atom. The molecule has 3 nitrogen and oxygen atoms in total. The average Bonchev–Trinajstić information content (AvgIpc) is 2.15. The highest BCUT2D eigenvalue weighted by Gasteiger charge is 2.22. The van der Waals surface area contributed by atoms with Crippen LogP contribution in [0, 0.1) is 6.92 Å². The molecule has 0 aliphatic carbocycles. The maximum absolute atomic E-state index is 11.1. The first kappa shape index (κ1) is 14.2. The fraction of sp³-hybridized carbons (Fsp3) is 0.538. The highest BCUT2D eigenvalue weighted by atomic mass is 32.2. The molecular formula is C13H21NO2S. The topological polar surface area (TPSA) is 60.2 Å². The molecule has 0 bridgehead atoms. The van der Waals surface area contributed by atoms with E-state index < -0.39 is 15.4 Å². The van der Waals surface area contributed by atoms with E-state index in [-0.39, 0.29) is 5.75 Å². The molecule has 1 unspecified atom stereocenters. The van der Waals surface area contributed by atoms with Crippen molar-refractivity contribution < 1.29 is 8.42 Å². The van der Waals surface area contributed by atoms with Gasteiger partial charge in [0.15, 0.2) is 0 Å². The van der Waals surface area contributed by atoms with Crippen LogP contribution in [0.5, 0.6) is 0 Å². The van der Waals surface area contributed by atoms with E-state index in [0.717, 1.165) is 11.1 Å². The molecule has 1 aromatic rings. The molecular weight excluding hydrogens is 234 g/mol. The second-order valence-corrected chi connectivity index (χ2v) is 7.23. The molecule has 0 saturated carbocycles. The molecule has 0 fully saturated rings. The second kappa shape index (κ2) is 5.19. The van der Waals surface area contributed by atoms with Crippen LogP contribution in [0.3, 0.4) is 0 Å². The normalized spacial score (nSPS) is 15.5. The molecule has 0 aromatic heterocycles. The van der Waals surface area contributed by atoms with E-state index in [4.69, 9.17) is 5.73 Å². The van der Waals surface area contributed by atoms with Crippen LogP contribution in [-0.4, -0.2) is 20.4 Å². The largest absolute Gasteiger partial charge is 0.322 e. The van der Waals surface area contributed by atoms with Crippen molar-refractivity contribution in [3.63, 3.8) is 0 Å². The lowest BCUT2D eigenvalue weighted by atomic mass is 9.86. The Balaban J connectivity index is 2.72. The number of nitrogens with two attached hydrogens (primary N) is 1. The molecule has 2 N–H and O–H groups in total. The van der Waals surface area contributed by atoms with Gasteiger partial charge in [-0.05, 0) is 37.8 Å². The van der Waals surface area contributed by atoms with Crippen LogP contribution in [0.1, 0.15) is 30.9 Å². The van der Waals surface area contributed by atoms with Crippen LogP contribution in [0.4, 0.5) is 0 Å². The van der Waals surface area contributed by atoms with Crippen LogP contribution in [0.15, 0.2) is 24.3 Å². The number of benzene rings is 1. The summed E-state index contributed by atoms with van der Waals surface area (Å²) in [6.07, 6.45) is 2.53. The van der Waals surface area contributed by atoms with E-state index in [2.05, 4.69) is 0 Å². The van der Waals surface area contributed by atoms with Crippen LogP contribution in [0.2, 0.25) is 0 Å². The first-order valence-corrected chi connectivity index (χ1v) is 7.81. The molecule has 0 heterocycles. The first-order chi connectivity index (χ1) is 7.72. The van der Waals surface area contributed by atoms with Gasteiger partial charge in [-0.2, -0.15) is 0 Å². The Morgan fingerprint density at radius 2 is 1.88 bits per heavy atom. The van der Waals surface area contributed by atoms with Crippen LogP contribution in [-0.2, 0) is 15.4 Å². The summed E-state index contributed by atoms with van der Waals surface area (Å²) in [7, 11) is -2.89. The van der Waals surface area contributed by atoms with E-state index in [1.807, 2.05) is 38.1 Å². The monoisotopic (exact) mass is 255 g/mol. The van der Waals surface area contributed by atoms with Gasteiger partial charge in [-0.25, -0.2) is 8.42 Å². The van der Waals surface area contributed by atoms with E-state index in [1.165, 1.54) is 6.26 Å². The molecule has 0 amide bonds. The Kier molecular flexibility index (Phi) is 4.33. The summed E-state index contributed by atoms with van der Waals surface area (Å²) in [5.74, 6) is 0.200. The third-order valence-electron chi connectivity index (χ3n) is 2.97. The van der Waals surface area contributed by atoms with Crippen LogP contribution < -0.4 is 5.73 Å². The minimum Gasteiger partial charge on any atom is -0.322 e. The maximum Gasteiger partial charge on any atom is 0.147 e. The number of aryl methyl sites for hydroxylation is 1. The van der Waals surface area contributed by atoms with Crippen molar-refractivity contribution in [3.05, 3.63) is 35.4 Å². The fourth-order valence-electron chi connectivity index (χ4n) is 2.05. The number of hydrogen-bond donors (Lipinski definition) is 1. The molecule has 0 radical (unpaired) electrons. The van der Waals surface area contributed by atoms with Gasteiger partial charge in [0.2, 0.25) is 0 Å². The van der Waals surface area contributed by atoms with Gasteiger partial charge in [-0.3, -0.25) is 0 Å². The second-order valence-electron chi connectivity index (χ2n) is 4.97. The lowest BCUT2D eigenvalue weighted by molar-refractivity contribution is 0.444. The Hall–Kier alpha value is -0.870. The zero-order valence-electron chi connectivity index (χ0n) is 10.7. The summed E-state index contributed by atoms with van der Waals surface area (Å²) in [5, 5.41) is 0. The van der Waals surface area contributed by atoms with Crippen molar-refractivity contribution in [2.75, 3.05) is 12.0 Å². The van der Waals surface area contributed by atoms with E-state index in [9.17, 15) is 8.42 Å². The summed E-state index contributed by atoms with van der Waals surface area (Å²) in [4.78, 5) is 0. The molecule has 96 valence electrons. The molecule has 1 aromatic carbocycles. The summed E-state index contributed by atoms with van der Waals surface area (Å²) in [5.41, 5.74) is 8.05. The third-order valence-corrected chi connectivity index (χ3v) is 4.00. The van der Waals surface area contributed by atoms with Gasteiger partial charge in [0.25, 0.3) is 0 Å². The number of rotatable bonds is 5. The van der Waals surface area contributed by atoms with Crippen molar-refractivity contribution in [1.82, 2.24) is 0 Å². The van der Waals surface area contributed by atoms with E-state index in [0.29, 0.717) is 12.8 Å². The van der Waals surface area contributed by atoms with Crippen LogP contribution in [0.25, 0.3) is 0 Å². The highest BCUT2D eigenvalue weighted by Crippen LogP contribution is 2.26. The van der Waals surface area contributed by atoms with Gasteiger partial charge in [0, 0.05) is 17.5 Å². The predicted octanol–water partition coefficient (Wildman–Crippen LogP) is 1.99. The molecule has 0 spiro atoms.